The van der Waals surface area contributed by atoms with E-state index >= 15 is 0 Å². The lowest BCUT2D eigenvalue weighted by atomic mass is 10.3. The molecule has 1 aromatic carbocycles. The second-order valence-electron chi connectivity index (χ2n) is 3.52. The third-order valence-corrected chi connectivity index (χ3v) is 2.49. The van der Waals surface area contributed by atoms with E-state index in [-0.39, 0.29) is 11.6 Å². The molecule has 7 heteroatoms. The van der Waals surface area contributed by atoms with Crippen LogP contribution in [0, 0.1) is 0 Å². The predicted molar refractivity (Wildman–Crippen MR) is 59.7 cm³/mol. The molecule has 3 nitrogen and oxygen atoms in total. The van der Waals surface area contributed by atoms with Gasteiger partial charge in [0.1, 0.15) is 5.75 Å². The van der Waals surface area contributed by atoms with Gasteiger partial charge >= 0.3 is 6.18 Å². The van der Waals surface area contributed by atoms with Crippen LogP contribution in [0.5, 0.6) is 11.6 Å². The molecule has 0 spiro atoms. The average molecular weight is 277 g/mol. The molecular formula is C11H8ClF3N2O. The van der Waals surface area contributed by atoms with Crippen molar-refractivity contribution in [1.29, 1.82) is 0 Å². The van der Waals surface area contributed by atoms with Gasteiger partial charge in [0.05, 0.1) is 5.02 Å². The number of alkyl halides is 3. The van der Waals surface area contributed by atoms with Gasteiger partial charge in [-0.2, -0.15) is 18.3 Å². The summed E-state index contributed by atoms with van der Waals surface area (Å²) in [6.07, 6.45) is -4.50. The van der Waals surface area contributed by atoms with Crippen LogP contribution in [-0.2, 0) is 13.2 Å². The highest BCUT2D eigenvalue weighted by molar-refractivity contribution is 6.32. The molecule has 1 aromatic heterocycles. The largest absolute Gasteiger partial charge is 0.438 e. The van der Waals surface area contributed by atoms with Crippen LogP contribution in [-0.4, -0.2) is 9.78 Å². The zero-order valence-electron chi connectivity index (χ0n) is 9.20. The van der Waals surface area contributed by atoms with Crippen LogP contribution >= 0.6 is 11.6 Å². The third-order valence-electron chi connectivity index (χ3n) is 2.18. The minimum Gasteiger partial charge on any atom is -0.438 e. The lowest BCUT2D eigenvalue weighted by Crippen LogP contribution is -2.06. The maximum Gasteiger partial charge on any atom is 0.435 e. The van der Waals surface area contributed by atoms with Gasteiger partial charge in [0, 0.05) is 13.1 Å². The van der Waals surface area contributed by atoms with E-state index in [1.807, 2.05) is 0 Å². The quantitative estimate of drug-likeness (QED) is 0.832. The molecule has 0 unspecified atom stereocenters. The molecule has 0 aliphatic heterocycles. The van der Waals surface area contributed by atoms with Crippen molar-refractivity contribution in [1.82, 2.24) is 9.78 Å². The first-order chi connectivity index (χ1) is 8.38. The fourth-order valence-corrected chi connectivity index (χ4v) is 1.50. The molecule has 0 aliphatic carbocycles. The first kappa shape index (κ1) is 12.8. The van der Waals surface area contributed by atoms with E-state index < -0.39 is 11.9 Å². The Bertz CT molecular complexity index is 566. The van der Waals surface area contributed by atoms with E-state index in [1.54, 1.807) is 24.3 Å². The molecule has 0 aliphatic rings. The zero-order valence-corrected chi connectivity index (χ0v) is 9.96. The second kappa shape index (κ2) is 4.53. The molecule has 2 aromatic rings. The van der Waals surface area contributed by atoms with Crippen LogP contribution in [0.3, 0.4) is 0 Å². The summed E-state index contributed by atoms with van der Waals surface area (Å²) >= 11 is 5.85. The number of aryl methyl sites for hydroxylation is 1. The minimum atomic E-state index is -4.50. The summed E-state index contributed by atoms with van der Waals surface area (Å²) in [7, 11) is 1.36. The summed E-state index contributed by atoms with van der Waals surface area (Å²) < 4.78 is 43.6. The van der Waals surface area contributed by atoms with Crippen molar-refractivity contribution in [2.24, 2.45) is 7.05 Å². The third kappa shape index (κ3) is 2.59. The van der Waals surface area contributed by atoms with Crippen LogP contribution in [0.15, 0.2) is 30.3 Å². The van der Waals surface area contributed by atoms with Crippen LogP contribution in [0.1, 0.15) is 5.69 Å². The van der Waals surface area contributed by atoms with Gasteiger partial charge in [-0.3, -0.25) is 0 Å². The smallest absolute Gasteiger partial charge is 0.435 e. The van der Waals surface area contributed by atoms with E-state index in [1.165, 1.54) is 7.05 Å². The maximum absolute atomic E-state index is 12.4. The summed E-state index contributed by atoms with van der Waals surface area (Å²) in [5, 5.41) is 3.64. The molecule has 0 atom stereocenters. The lowest BCUT2D eigenvalue weighted by molar-refractivity contribution is -0.141. The van der Waals surface area contributed by atoms with Crippen molar-refractivity contribution in [3.63, 3.8) is 0 Å². The van der Waals surface area contributed by atoms with Crippen molar-refractivity contribution in [3.05, 3.63) is 41.0 Å². The highest BCUT2D eigenvalue weighted by Gasteiger charge is 2.35. The molecule has 0 saturated carbocycles. The molecule has 0 radical (unpaired) electrons. The minimum absolute atomic E-state index is 0.0320. The van der Waals surface area contributed by atoms with Gasteiger partial charge in [-0.1, -0.05) is 23.7 Å². The van der Waals surface area contributed by atoms with E-state index in [4.69, 9.17) is 16.3 Å². The molecule has 0 amide bonds. The summed E-state index contributed by atoms with van der Waals surface area (Å²) in [6.45, 7) is 0. The number of halogens is 4. The summed E-state index contributed by atoms with van der Waals surface area (Å²) in [4.78, 5) is 0. The molecule has 0 bridgehead atoms. The Morgan fingerprint density at radius 1 is 1.28 bits per heavy atom. The van der Waals surface area contributed by atoms with Gasteiger partial charge < -0.3 is 4.74 Å². The molecule has 0 saturated heterocycles. The van der Waals surface area contributed by atoms with Crippen molar-refractivity contribution >= 4 is 11.6 Å². The van der Waals surface area contributed by atoms with Gasteiger partial charge in [0.25, 0.3) is 0 Å². The normalized spacial score (nSPS) is 11.6. The van der Waals surface area contributed by atoms with Gasteiger partial charge in [-0.25, -0.2) is 4.68 Å². The van der Waals surface area contributed by atoms with Crippen molar-refractivity contribution < 1.29 is 17.9 Å². The fraction of sp³-hybridized carbons (Fsp3) is 0.182. The van der Waals surface area contributed by atoms with Crippen LogP contribution in [0.25, 0.3) is 0 Å². The van der Waals surface area contributed by atoms with E-state index in [0.29, 0.717) is 5.02 Å². The number of benzene rings is 1. The topological polar surface area (TPSA) is 27.1 Å². The molecule has 96 valence electrons. The van der Waals surface area contributed by atoms with E-state index in [0.717, 1.165) is 10.7 Å². The first-order valence-corrected chi connectivity index (χ1v) is 5.29. The number of nitrogens with zero attached hydrogens (tertiary/aromatic N) is 2. The SMILES string of the molecule is Cn1nc(C(F)(F)F)cc1Oc1ccccc1Cl. The number of rotatable bonds is 2. The second-order valence-corrected chi connectivity index (χ2v) is 3.93. The van der Waals surface area contributed by atoms with Crippen molar-refractivity contribution in [2.75, 3.05) is 0 Å². The molecule has 0 fully saturated rings. The Balaban J connectivity index is 2.31. The first-order valence-electron chi connectivity index (χ1n) is 4.91. The Morgan fingerprint density at radius 2 is 1.94 bits per heavy atom. The summed E-state index contributed by atoms with van der Waals surface area (Å²) in [5.41, 5.74) is -1.01. The Hall–Kier alpha value is -1.69. The summed E-state index contributed by atoms with van der Waals surface area (Å²) in [6, 6.07) is 7.33. The standard InChI is InChI=1S/C11H8ClF3N2O/c1-17-10(6-9(16-17)11(13,14)15)18-8-5-3-2-4-7(8)12/h2-6H,1H3. The number of para-hydroxylation sites is 1. The molecule has 18 heavy (non-hydrogen) atoms. The number of ether oxygens (including phenoxy) is 1. The predicted octanol–water partition coefficient (Wildman–Crippen LogP) is 3.88. The Labute approximate surface area is 106 Å². The van der Waals surface area contributed by atoms with E-state index in [2.05, 4.69) is 5.10 Å². The van der Waals surface area contributed by atoms with Crippen LogP contribution in [0.4, 0.5) is 13.2 Å². The number of hydrogen-bond acceptors (Lipinski definition) is 2. The van der Waals surface area contributed by atoms with E-state index in [9.17, 15) is 13.2 Å². The summed E-state index contributed by atoms with van der Waals surface area (Å²) in [5.74, 6) is 0.242. The van der Waals surface area contributed by atoms with Crippen molar-refractivity contribution in [2.45, 2.75) is 6.18 Å². The van der Waals surface area contributed by atoms with Crippen LogP contribution in [0.2, 0.25) is 5.02 Å². The van der Waals surface area contributed by atoms with Gasteiger partial charge in [-0.15, -0.1) is 0 Å². The highest BCUT2D eigenvalue weighted by Crippen LogP contribution is 2.33. The number of hydrogen-bond donors (Lipinski definition) is 0. The maximum atomic E-state index is 12.4. The average Bonchev–Trinajstić information content (AvgIpc) is 2.63. The molecule has 1 heterocycles. The van der Waals surface area contributed by atoms with Gasteiger partial charge in [0.15, 0.2) is 5.69 Å². The monoisotopic (exact) mass is 276 g/mol. The zero-order chi connectivity index (χ0) is 13.3. The van der Waals surface area contributed by atoms with Gasteiger partial charge in [0.2, 0.25) is 5.88 Å². The van der Waals surface area contributed by atoms with Crippen LogP contribution < -0.4 is 4.74 Å². The Morgan fingerprint density at radius 3 is 2.50 bits per heavy atom. The molecule has 0 N–H and O–H groups in total. The van der Waals surface area contributed by atoms with Gasteiger partial charge in [-0.05, 0) is 12.1 Å². The lowest BCUT2D eigenvalue weighted by Gasteiger charge is -2.06. The highest BCUT2D eigenvalue weighted by atomic mass is 35.5. The van der Waals surface area contributed by atoms with Crippen molar-refractivity contribution in [3.8, 4) is 11.6 Å². The number of aromatic nitrogens is 2. The fourth-order valence-electron chi connectivity index (χ4n) is 1.32. The molecular weight excluding hydrogens is 269 g/mol. The Kier molecular flexibility index (Phi) is 3.21. The molecule has 2 rings (SSSR count).